The zero-order valence-corrected chi connectivity index (χ0v) is 12.6. The minimum absolute atomic E-state index is 0.390. The van der Waals surface area contributed by atoms with Crippen molar-refractivity contribution in [3.05, 3.63) is 50.9 Å². The fourth-order valence-corrected chi connectivity index (χ4v) is 3.08. The van der Waals surface area contributed by atoms with Crippen LogP contribution in [0.4, 0.5) is 17.1 Å². The second-order valence-electron chi connectivity index (χ2n) is 5.71. The molecule has 3 aromatic rings. The summed E-state index contributed by atoms with van der Waals surface area (Å²) < 4.78 is 5.42. The summed E-state index contributed by atoms with van der Waals surface area (Å²) in [7, 11) is 0. The summed E-state index contributed by atoms with van der Waals surface area (Å²) in [6.07, 6.45) is 2.67. The van der Waals surface area contributed by atoms with E-state index in [1.807, 2.05) is 35.4 Å². The molecule has 0 bridgehead atoms. The number of fused-ring (bicyclic) bond motifs is 1. The minimum Gasteiger partial charge on any atom is -0.380 e. The van der Waals surface area contributed by atoms with E-state index >= 15 is 0 Å². The number of nitrogens with one attached hydrogen (secondary N) is 2. The molecule has 0 saturated carbocycles. The average molecular weight is 311 g/mol. The number of aromatic amines is 1. The molecule has 1 aromatic heterocycles. The number of benzene rings is 1. The zero-order valence-electron chi connectivity index (χ0n) is 12.6. The van der Waals surface area contributed by atoms with Crippen molar-refractivity contribution < 1.29 is 4.74 Å². The van der Waals surface area contributed by atoms with Gasteiger partial charge in [0.25, 0.3) is 10.9 Å². The number of ether oxygens (including phenoxy) is 1. The highest BCUT2D eigenvalue weighted by atomic mass is 16.5. The first-order valence-corrected chi connectivity index (χ1v) is 7.75. The fourth-order valence-electron chi connectivity index (χ4n) is 3.08. The number of anilines is 3. The molecule has 0 atom stereocenters. The van der Waals surface area contributed by atoms with Crippen molar-refractivity contribution in [2.45, 2.75) is 6.42 Å². The molecule has 0 aliphatic carbocycles. The van der Waals surface area contributed by atoms with Crippen LogP contribution in [-0.2, 0) is 4.74 Å². The Labute approximate surface area is 132 Å². The van der Waals surface area contributed by atoms with Crippen LogP contribution in [0.1, 0.15) is 6.42 Å². The lowest BCUT2D eigenvalue weighted by Crippen LogP contribution is -2.43. The Morgan fingerprint density at radius 3 is 2.87 bits per heavy atom. The number of H-pyrrole nitrogens is 1. The highest BCUT2D eigenvalue weighted by molar-refractivity contribution is 5.95. The molecule has 0 unspecified atom stereocenters. The van der Waals surface area contributed by atoms with E-state index < -0.39 is 10.9 Å². The van der Waals surface area contributed by atoms with E-state index in [1.165, 1.54) is 0 Å². The third-order valence-electron chi connectivity index (χ3n) is 4.27. The number of rotatable bonds is 3. The van der Waals surface area contributed by atoms with E-state index in [-0.39, 0.29) is 0 Å². The second kappa shape index (κ2) is 5.55. The number of hydrogen-bond acceptors (Lipinski definition) is 5. The first-order chi connectivity index (χ1) is 11.3. The van der Waals surface area contributed by atoms with E-state index in [9.17, 15) is 9.59 Å². The first kappa shape index (κ1) is 14.0. The van der Waals surface area contributed by atoms with Gasteiger partial charge in [0, 0.05) is 36.8 Å². The number of para-hydroxylation sites is 1. The second-order valence-corrected chi connectivity index (χ2v) is 5.71. The van der Waals surface area contributed by atoms with Crippen molar-refractivity contribution in [1.82, 2.24) is 4.98 Å². The molecule has 0 radical (unpaired) electrons. The van der Waals surface area contributed by atoms with Gasteiger partial charge in [0.15, 0.2) is 0 Å². The van der Waals surface area contributed by atoms with Crippen LogP contribution >= 0.6 is 0 Å². The normalized spacial score (nSPS) is 15.9. The lowest BCUT2D eigenvalue weighted by atomic mass is 10.1. The summed E-state index contributed by atoms with van der Waals surface area (Å²) >= 11 is 0. The molecule has 118 valence electrons. The van der Waals surface area contributed by atoms with Crippen molar-refractivity contribution in [2.24, 2.45) is 0 Å². The quantitative estimate of drug-likeness (QED) is 0.721. The third-order valence-corrected chi connectivity index (χ3v) is 4.27. The summed E-state index contributed by atoms with van der Waals surface area (Å²) in [5.74, 6) is 0. The first-order valence-electron chi connectivity index (χ1n) is 7.75. The van der Waals surface area contributed by atoms with Gasteiger partial charge in [-0.3, -0.25) is 9.59 Å². The molecule has 0 spiro atoms. The van der Waals surface area contributed by atoms with Crippen LogP contribution in [0.3, 0.4) is 0 Å². The molecule has 23 heavy (non-hydrogen) atoms. The average Bonchev–Trinajstić information content (AvgIpc) is 2.80. The molecule has 2 aromatic carbocycles. The van der Waals surface area contributed by atoms with Crippen LogP contribution in [-0.4, -0.2) is 31.3 Å². The van der Waals surface area contributed by atoms with Gasteiger partial charge < -0.3 is 19.9 Å². The molecular formula is C17H17N3O3. The van der Waals surface area contributed by atoms with Gasteiger partial charge in [0.1, 0.15) is 11.4 Å². The molecule has 1 saturated heterocycles. The molecule has 1 aliphatic rings. The third kappa shape index (κ3) is 2.31. The van der Waals surface area contributed by atoms with E-state index in [4.69, 9.17) is 4.74 Å². The van der Waals surface area contributed by atoms with Gasteiger partial charge in [0.2, 0.25) is 0 Å². The van der Waals surface area contributed by atoms with Gasteiger partial charge in [-0.15, -0.1) is 0 Å². The molecule has 2 N–H and O–H groups in total. The van der Waals surface area contributed by atoms with Gasteiger partial charge in [-0.2, -0.15) is 0 Å². The highest BCUT2D eigenvalue weighted by Gasteiger charge is 2.27. The van der Waals surface area contributed by atoms with Gasteiger partial charge in [-0.1, -0.05) is 18.2 Å². The lowest BCUT2D eigenvalue weighted by molar-refractivity contribution is 0.152. The van der Waals surface area contributed by atoms with Gasteiger partial charge >= 0.3 is 0 Å². The topological polar surface area (TPSA) is 74.4 Å². The van der Waals surface area contributed by atoms with Crippen molar-refractivity contribution >= 4 is 28.0 Å². The van der Waals surface area contributed by atoms with Crippen LogP contribution in [0, 0.1) is 0 Å². The van der Waals surface area contributed by atoms with E-state index in [1.54, 1.807) is 0 Å². The van der Waals surface area contributed by atoms with E-state index in [2.05, 4.69) is 10.3 Å². The van der Waals surface area contributed by atoms with Crippen LogP contribution in [0.25, 0.3) is 10.9 Å². The smallest absolute Gasteiger partial charge is 0.253 e. The Hall–Kier alpha value is -2.60. The van der Waals surface area contributed by atoms with Gasteiger partial charge in [-0.25, -0.2) is 0 Å². The summed E-state index contributed by atoms with van der Waals surface area (Å²) in [5, 5.41) is 4.14. The van der Waals surface area contributed by atoms with Crippen LogP contribution in [0.5, 0.6) is 0 Å². The predicted molar refractivity (Wildman–Crippen MR) is 90.6 cm³/mol. The highest BCUT2D eigenvalue weighted by Crippen LogP contribution is 2.29. The van der Waals surface area contributed by atoms with Crippen LogP contribution in [0.2, 0.25) is 0 Å². The molecule has 4 rings (SSSR count). The minimum atomic E-state index is -0.449. The lowest BCUT2D eigenvalue weighted by Gasteiger charge is -2.25. The van der Waals surface area contributed by atoms with E-state index in [0.29, 0.717) is 31.1 Å². The summed E-state index contributed by atoms with van der Waals surface area (Å²) in [5.41, 5.74) is 1.82. The fraction of sp³-hybridized carbons (Fsp3) is 0.294. The number of nitrogens with zero attached hydrogens (tertiary/aromatic N) is 1. The standard InChI is InChI=1S/C17H17N3O3/c21-16-14(15(17(16)22)20-6-3-8-23-9-7-20)19-13-10-18-12-5-2-1-4-11(12)13/h1-2,4-5,10,18-19H,3,6-9H2. The Bertz CT molecular complexity index is 913. The van der Waals surface area contributed by atoms with Gasteiger partial charge in [0.05, 0.1) is 12.3 Å². The van der Waals surface area contributed by atoms with Crippen molar-refractivity contribution in [3.63, 3.8) is 0 Å². The van der Waals surface area contributed by atoms with Crippen LogP contribution < -0.4 is 21.1 Å². The molecule has 0 amide bonds. The monoisotopic (exact) mass is 311 g/mol. The number of aromatic nitrogens is 1. The number of hydrogen-bond donors (Lipinski definition) is 2. The maximum atomic E-state index is 12.0. The molecule has 1 aliphatic heterocycles. The molecule has 6 heteroatoms. The van der Waals surface area contributed by atoms with Crippen LogP contribution in [0.15, 0.2) is 40.1 Å². The Kier molecular flexibility index (Phi) is 3.38. The van der Waals surface area contributed by atoms with E-state index in [0.717, 1.165) is 29.6 Å². The van der Waals surface area contributed by atoms with Crippen molar-refractivity contribution in [1.29, 1.82) is 0 Å². The van der Waals surface area contributed by atoms with Crippen molar-refractivity contribution in [3.8, 4) is 0 Å². The maximum absolute atomic E-state index is 12.0. The Morgan fingerprint density at radius 1 is 1.09 bits per heavy atom. The van der Waals surface area contributed by atoms with Gasteiger partial charge in [-0.05, 0) is 12.5 Å². The SMILES string of the molecule is O=c1c(Nc2c[nH]c3ccccc23)c(N2CCCOCC2)c1=O. The summed E-state index contributed by atoms with van der Waals surface area (Å²) in [6, 6.07) is 7.83. The Morgan fingerprint density at radius 2 is 1.96 bits per heavy atom. The summed E-state index contributed by atoms with van der Waals surface area (Å²) in [4.78, 5) is 29.2. The molecular weight excluding hydrogens is 294 g/mol. The molecule has 6 nitrogen and oxygen atoms in total. The Balaban J connectivity index is 1.68. The summed E-state index contributed by atoms with van der Waals surface area (Å²) in [6.45, 7) is 2.63. The maximum Gasteiger partial charge on any atom is 0.253 e. The van der Waals surface area contributed by atoms with Crippen molar-refractivity contribution in [2.75, 3.05) is 36.5 Å². The molecule has 2 heterocycles. The molecule has 1 fully saturated rings. The predicted octanol–water partition coefficient (Wildman–Crippen LogP) is 1.73. The largest absolute Gasteiger partial charge is 0.380 e. The zero-order chi connectivity index (χ0) is 15.8.